The van der Waals surface area contributed by atoms with Crippen LogP contribution in [-0.2, 0) is 36.5 Å². The summed E-state index contributed by atoms with van der Waals surface area (Å²) in [6.45, 7) is 9.05. The molecule has 15 rings (SSSR count). The number of ketones is 2. The van der Waals surface area contributed by atoms with Crippen molar-refractivity contribution < 1.29 is 9.59 Å². The molecule has 0 saturated carbocycles. The largest absolute Gasteiger partial charge is 0.289 e. The van der Waals surface area contributed by atoms with Gasteiger partial charge in [0.25, 0.3) is 0 Å². The van der Waals surface area contributed by atoms with Crippen molar-refractivity contribution in [3.05, 3.63) is 279 Å². The topological polar surface area (TPSA) is 155 Å². The Labute approximate surface area is 626 Å². The Morgan fingerprint density at radius 2 is 0.702 bits per heavy atom. The number of allylic oxidation sites excluding steroid dienone is 6. The number of aromatic nitrogens is 2. The van der Waals surface area contributed by atoms with Gasteiger partial charge in [-0.25, -0.2) is 0 Å². The lowest BCUT2D eigenvalue weighted by Gasteiger charge is -2.36. The summed E-state index contributed by atoms with van der Waals surface area (Å²) in [4.78, 5) is 41.9. The van der Waals surface area contributed by atoms with E-state index in [-0.39, 0.29) is 22.7 Å². The Bertz CT molecular complexity index is 5040. The minimum Gasteiger partial charge on any atom is -0.289 e. The van der Waals surface area contributed by atoms with Crippen LogP contribution in [-0.4, -0.2) is 21.5 Å². The van der Waals surface area contributed by atoms with Crippen LogP contribution >= 0.6 is 45.3 Å². The first-order valence-electron chi connectivity index (χ1n) is 37.3. The van der Waals surface area contributed by atoms with E-state index in [1.165, 1.54) is 165 Å². The molecular weight excluding hydrogens is 1350 g/mol. The molecule has 11 aromatic rings. The molecule has 514 valence electrons. The Morgan fingerprint density at radius 3 is 1.00 bits per heavy atom. The number of benzene rings is 5. The fourth-order valence-corrected chi connectivity index (χ4v) is 22.4. The van der Waals surface area contributed by atoms with E-state index in [1.807, 2.05) is 12.2 Å². The molecule has 0 aliphatic heterocycles. The summed E-state index contributed by atoms with van der Waals surface area (Å²) in [5, 5.41) is 41.7. The summed E-state index contributed by atoms with van der Waals surface area (Å²) in [7, 11) is 0. The molecule has 5 aromatic carbocycles. The van der Waals surface area contributed by atoms with Crippen molar-refractivity contribution in [3.63, 3.8) is 0 Å². The van der Waals surface area contributed by atoms with Crippen molar-refractivity contribution in [2.24, 2.45) is 0 Å². The molecule has 0 amide bonds. The summed E-state index contributed by atoms with van der Waals surface area (Å²) in [5.74, 6) is -0.518. The first-order chi connectivity index (χ1) is 51.1. The van der Waals surface area contributed by atoms with Gasteiger partial charge in [-0.05, 0) is 178 Å². The van der Waals surface area contributed by atoms with E-state index in [1.54, 1.807) is 82.3 Å². The molecule has 12 heteroatoms. The SMILES string of the molecule is CCCCCCc1ccc(C2(c3ccc(CCCCCC)cc3)c3cc4c(cc3-c3sc5cc(/C=C6\C(=O)c7cnccc7C6=C(C#N)C#N)sc5c32)C(c2ccc(CCCCCC)cc2)(c2ccc(CCCCCC)cc2)c2c-4sc3cc(/C=C4\C(=O)c5cnccc5C4=C(C#N)C#N)sc23)cc1. The molecule has 4 aliphatic carbocycles. The van der Waals surface area contributed by atoms with Gasteiger partial charge in [0, 0.05) is 98.2 Å². The molecule has 0 saturated heterocycles. The lowest BCUT2D eigenvalue weighted by Crippen LogP contribution is -2.30. The third-order valence-corrected chi connectivity index (χ3v) is 26.8. The number of thiophene rings is 4. The van der Waals surface area contributed by atoms with Gasteiger partial charge in [0.05, 0.1) is 20.2 Å². The van der Waals surface area contributed by atoms with Crippen molar-refractivity contribution in [2.45, 2.75) is 167 Å². The van der Waals surface area contributed by atoms with Gasteiger partial charge in [0.1, 0.15) is 35.4 Å². The Hall–Kier alpha value is -10.0. The summed E-state index contributed by atoms with van der Waals surface area (Å²) in [5.41, 5.74) is 18.4. The van der Waals surface area contributed by atoms with Gasteiger partial charge in [0.2, 0.25) is 0 Å². The van der Waals surface area contributed by atoms with Crippen LogP contribution in [0.4, 0.5) is 0 Å². The zero-order valence-corrected chi connectivity index (χ0v) is 62.7. The fraction of sp³-hybridized carbons (Fsp3) is 0.283. The van der Waals surface area contributed by atoms with Crippen molar-refractivity contribution in [1.82, 2.24) is 9.97 Å². The first kappa shape index (κ1) is 69.7. The van der Waals surface area contributed by atoms with Crippen molar-refractivity contribution in [3.8, 4) is 45.2 Å². The van der Waals surface area contributed by atoms with E-state index in [2.05, 4.69) is 183 Å². The van der Waals surface area contributed by atoms with E-state index in [0.717, 1.165) is 79.9 Å². The van der Waals surface area contributed by atoms with E-state index in [9.17, 15) is 30.6 Å². The Kier molecular flexibility index (Phi) is 20.1. The van der Waals surface area contributed by atoms with Gasteiger partial charge in [-0.1, -0.05) is 202 Å². The molecule has 4 aliphatic rings. The second-order valence-electron chi connectivity index (χ2n) is 28.3. The highest BCUT2D eigenvalue weighted by Gasteiger charge is 2.55. The van der Waals surface area contributed by atoms with Gasteiger partial charge < -0.3 is 0 Å². The van der Waals surface area contributed by atoms with E-state index < -0.39 is 10.8 Å². The Balaban J connectivity index is 1.01. The number of hydrogen-bond acceptors (Lipinski definition) is 12. The molecule has 8 nitrogen and oxygen atoms in total. The number of fused-ring (bicyclic) bond motifs is 12. The van der Waals surface area contributed by atoms with Crippen LogP contribution in [0.25, 0.3) is 63.0 Å². The second-order valence-corrected chi connectivity index (χ2v) is 32.6. The predicted molar refractivity (Wildman–Crippen MR) is 428 cm³/mol. The number of Topliss-reactive ketones (excluding diaryl/α,β-unsaturated/α-hetero) is 2. The van der Waals surface area contributed by atoms with Gasteiger partial charge in [-0.2, -0.15) is 21.0 Å². The molecule has 6 heterocycles. The normalized spacial score (nSPS) is 14.9. The number of pyridine rings is 2. The van der Waals surface area contributed by atoms with Crippen LogP contribution in [0, 0.1) is 45.3 Å². The number of nitrogens with zero attached hydrogens (tertiary/aromatic N) is 6. The fourth-order valence-electron chi connectivity index (χ4n) is 16.9. The average Bonchev–Trinajstić information content (AvgIpc) is 1.49. The summed E-state index contributed by atoms with van der Waals surface area (Å²) in [6.07, 6.45) is 32.8. The lowest BCUT2D eigenvalue weighted by molar-refractivity contribution is 0.103. The molecular formula is C92H80N6O2S4. The molecule has 0 unspecified atom stereocenters. The number of nitriles is 4. The third kappa shape index (κ3) is 12.0. The summed E-state index contributed by atoms with van der Waals surface area (Å²) in [6, 6.07) is 59.8. The smallest absolute Gasteiger partial charge is 0.195 e. The van der Waals surface area contributed by atoms with Crippen LogP contribution < -0.4 is 0 Å². The molecule has 104 heavy (non-hydrogen) atoms. The maximum absolute atomic E-state index is 14.6. The standard InChI is InChI=1S/C92H80N6O2S4/c1-5-9-13-17-21-57-25-33-63(34-26-57)91(64-35-27-58(28-36-64)22-18-14-10-6-2)77-49-72-78(50-71(77)87-83(91)89-79(103-87)47-67(101-89)45-73-81(61(51-93)52-94)69-41-43-97-55-75(69)85(73)99)92(65-37-29-59(30-38-65)23-19-15-11-7-3,66-39-31-60(32-40-66)24-20-16-12-8-4)84-88(72)104-80-48-68(102-90(80)84)46-74-82(62(53-95)54-96)70-42-44-98-56-76(70)86(74)100/h25-50,55-56H,5-24H2,1-4H3/b73-45-,74-46-. The van der Waals surface area contributed by atoms with Gasteiger partial charge in [-0.3, -0.25) is 19.6 Å². The first-order valence-corrected chi connectivity index (χ1v) is 40.5. The zero-order chi connectivity index (χ0) is 71.6. The van der Waals surface area contributed by atoms with E-state index in [0.29, 0.717) is 44.5 Å². The summed E-state index contributed by atoms with van der Waals surface area (Å²) < 4.78 is 4.43. The number of carbonyl (C=O) groups is 2. The number of hydrogen-bond donors (Lipinski definition) is 0. The highest BCUT2D eigenvalue weighted by Crippen LogP contribution is 2.68. The predicted octanol–water partition coefficient (Wildman–Crippen LogP) is 24.4. The molecule has 0 atom stereocenters. The van der Waals surface area contributed by atoms with Crippen molar-refractivity contribution in [1.29, 1.82) is 21.0 Å². The molecule has 0 spiro atoms. The van der Waals surface area contributed by atoms with Gasteiger partial charge in [0.15, 0.2) is 11.6 Å². The number of carbonyl (C=O) groups excluding carboxylic acids is 2. The highest BCUT2D eigenvalue weighted by molar-refractivity contribution is 7.31. The van der Waals surface area contributed by atoms with Crippen LogP contribution in [0.3, 0.4) is 0 Å². The quantitative estimate of drug-likeness (QED) is 0.0295. The minimum absolute atomic E-state index is 0.110. The third-order valence-electron chi connectivity index (χ3n) is 22.0. The van der Waals surface area contributed by atoms with Crippen LogP contribution in [0.5, 0.6) is 0 Å². The monoisotopic (exact) mass is 1430 g/mol. The molecule has 0 fully saturated rings. The second kappa shape index (κ2) is 30.0. The van der Waals surface area contributed by atoms with Crippen LogP contribution in [0.15, 0.2) is 181 Å². The van der Waals surface area contributed by atoms with Crippen LogP contribution in [0.2, 0.25) is 0 Å². The molecule has 0 bridgehead atoms. The van der Waals surface area contributed by atoms with Gasteiger partial charge >= 0.3 is 0 Å². The molecule has 6 aromatic heterocycles. The number of rotatable bonds is 26. The summed E-state index contributed by atoms with van der Waals surface area (Å²) >= 11 is 6.95. The zero-order valence-electron chi connectivity index (χ0n) is 59.4. The van der Waals surface area contributed by atoms with Crippen LogP contribution in [0.1, 0.15) is 239 Å². The number of unbranched alkanes of at least 4 members (excludes halogenated alkanes) is 12. The maximum atomic E-state index is 14.6. The van der Waals surface area contributed by atoms with Crippen molar-refractivity contribution in [2.75, 3.05) is 0 Å². The number of aryl methyl sites for hydroxylation is 4. The minimum atomic E-state index is -0.851. The lowest BCUT2D eigenvalue weighted by atomic mass is 9.65. The van der Waals surface area contributed by atoms with Gasteiger partial charge in [-0.15, -0.1) is 45.3 Å². The maximum Gasteiger partial charge on any atom is 0.195 e. The average molecular weight is 1430 g/mol. The van der Waals surface area contributed by atoms with E-state index >= 15 is 0 Å². The van der Waals surface area contributed by atoms with E-state index in [4.69, 9.17) is 0 Å². The highest BCUT2D eigenvalue weighted by atomic mass is 32.1. The molecule has 0 radical (unpaired) electrons. The Morgan fingerprint density at radius 1 is 0.385 bits per heavy atom. The molecule has 0 N–H and O–H groups in total. The van der Waals surface area contributed by atoms with Crippen molar-refractivity contribution >= 4 is 99.0 Å².